The van der Waals surface area contributed by atoms with Gasteiger partial charge in [-0.2, -0.15) is 4.31 Å². The molecule has 0 spiro atoms. The van der Waals surface area contributed by atoms with E-state index in [0.717, 1.165) is 0 Å². The zero-order valence-electron chi connectivity index (χ0n) is 19.1. The van der Waals surface area contributed by atoms with Gasteiger partial charge in [0.05, 0.1) is 36.8 Å². The molecule has 0 saturated carbocycles. The van der Waals surface area contributed by atoms with Crippen molar-refractivity contribution in [1.82, 2.24) is 14.5 Å². The second-order valence-electron chi connectivity index (χ2n) is 8.10. The van der Waals surface area contributed by atoms with Gasteiger partial charge in [0, 0.05) is 11.6 Å². The highest BCUT2D eigenvalue weighted by Crippen LogP contribution is 2.33. The third-order valence-corrected chi connectivity index (χ3v) is 7.38. The van der Waals surface area contributed by atoms with Crippen molar-refractivity contribution in [2.75, 3.05) is 32.9 Å². The van der Waals surface area contributed by atoms with Crippen LogP contribution in [0.1, 0.15) is 24.2 Å². The summed E-state index contributed by atoms with van der Waals surface area (Å²) >= 11 is 0. The number of anilines is 1. The molecule has 1 aliphatic heterocycles. The molecule has 1 fully saturated rings. The fourth-order valence-corrected chi connectivity index (χ4v) is 5.10. The van der Waals surface area contributed by atoms with E-state index in [9.17, 15) is 13.2 Å². The van der Waals surface area contributed by atoms with E-state index in [1.807, 2.05) is 0 Å². The van der Waals surface area contributed by atoms with Crippen LogP contribution in [0.25, 0.3) is 11.5 Å². The van der Waals surface area contributed by atoms with Gasteiger partial charge in [0.15, 0.2) is 0 Å². The number of rotatable bonds is 7. The van der Waals surface area contributed by atoms with Crippen LogP contribution in [-0.2, 0) is 14.8 Å². The standard InChI is InChI=1S/C22H24N4O7S/c1-22(2)12-32-13-26(22)34(28,29)16-8-5-14(6-9-16)19(27)23-21-25-24-20(33-21)17-10-7-15(30-3)11-18(17)31-4/h5-11H,12-13H2,1-4H3,(H,23,25,27). The number of hydrogen-bond donors (Lipinski definition) is 1. The molecule has 0 radical (unpaired) electrons. The number of ether oxygens (including phenoxy) is 3. The van der Waals surface area contributed by atoms with Crippen molar-refractivity contribution >= 4 is 21.9 Å². The second kappa shape index (κ2) is 9.05. The summed E-state index contributed by atoms with van der Waals surface area (Å²) in [7, 11) is -0.733. The van der Waals surface area contributed by atoms with E-state index < -0.39 is 21.5 Å². The molecule has 0 atom stereocenters. The second-order valence-corrected chi connectivity index (χ2v) is 9.96. The summed E-state index contributed by atoms with van der Waals surface area (Å²) in [5, 5.41) is 10.3. The Balaban J connectivity index is 1.49. The van der Waals surface area contributed by atoms with Gasteiger partial charge in [-0.3, -0.25) is 10.1 Å². The first-order valence-electron chi connectivity index (χ1n) is 10.2. The molecule has 12 heteroatoms. The minimum atomic E-state index is -3.77. The van der Waals surface area contributed by atoms with E-state index in [4.69, 9.17) is 18.6 Å². The lowest BCUT2D eigenvalue weighted by atomic mass is 10.1. The van der Waals surface area contributed by atoms with E-state index in [-0.39, 0.29) is 29.1 Å². The molecule has 2 heterocycles. The summed E-state index contributed by atoms with van der Waals surface area (Å²) in [6, 6.07) is 10.5. The molecule has 11 nitrogen and oxygen atoms in total. The Morgan fingerprint density at radius 3 is 2.44 bits per heavy atom. The molecule has 0 bridgehead atoms. The van der Waals surface area contributed by atoms with Gasteiger partial charge < -0.3 is 18.6 Å². The summed E-state index contributed by atoms with van der Waals surface area (Å²) in [6.07, 6.45) is 0. The first-order valence-corrected chi connectivity index (χ1v) is 11.7. The Hall–Kier alpha value is -3.48. The van der Waals surface area contributed by atoms with Gasteiger partial charge in [0.25, 0.3) is 11.8 Å². The van der Waals surface area contributed by atoms with Crippen molar-refractivity contribution in [1.29, 1.82) is 0 Å². The van der Waals surface area contributed by atoms with Gasteiger partial charge in [-0.1, -0.05) is 5.10 Å². The maximum absolute atomic E-state index is 12.9. The number of carbonyl (C=O) groups is 1. The molecule has 0 aliphatic carbocycles. The molecule has 1 amide bonds. The van der Waals surface area contributed by atoms with Crippen LogP contribution >= 0.6 is 0 Å². The minimum absolute atomic E-state index is 0.0178. The van der Waals surface area contributed by atoms with Gasteiger partial charge in [-0.25, -0.2) is 8.42 Å². The van der Waals surface area contributed by atoms with Crippen molar-refractivity contribution in [2.45, 2.75) is 24.3 Å². The lowest BCUT2D eigenvalue weighted by Gasteiger charge is -2.28. The van der Waals surface area contributed by atoms with Crippen LogP contribution in [0, 0.1) is 0 Å². The molecule has 180 valence electrons. The third-order valence-electron chi connectivity index (χ3n) is 5.33. The van der Waals surface area contributed by atoms with Crippen molar-refractivity contribution in [3.05, 3.63) is 48.0 Å². The number of amides is 1. The summed E-state index contributed by atoms with van der Waals surface area (Å²) in [6.45, 7) is 3.87. The van der Waals surface area contributed by atoms with Crippen LogP contribution < -0.4 is 14.8 Å². The first-order chi connectivity index (χ1) is 16.2. The normalized spacial score (nSPS) is 15.8. The van der Waals surface area contributed by atoms with Crippen molar-refractivity contribution in [2.24, 2.45) is 0 Å². The molecule has 0 unspecified atom stereocenters. The maximum atomic E-state index is 12.9. The highest BCUT2D eigenvalue weighted by atomic mass is 32.2. The van der Waals surface area contributed by atoms with Crippen LogP contribution in [-0.4, -0.2) is 61.9 Å². The molecule has 2 aromatic carbocycles. The molecule has 1 N–H and O–H groups in total. The Kier molecular flexibility index (Phi) is 6.30. The van der Waals surface area contributed by atoms with Gasteiger partial charge in [0.2, 0.25) is 10.0 Å². The fourth-order valence-electron chi connectivity index (χ4n) is 3.45. The lowest BCUT2D eigenvalue weighted by Crippen LogP contribution is -2.44. The van der Waals surface area contributed by atoms with Crippen LogP contribution in [0.5, 0.6) is 11.5 Å². The average Bonchev–Trinajstić information content (AvgIpc) is 3.44. The van der Waals surface area contributed by atoms with E-state index in [1.165, 1.54) is 35.7 Å². The fraction of sp³-hybridized carbons (Fsp3) is 0.318. The quantitative estimate of drug-likeness (QED) is 0.533. The number of methoxy groups -OCH3 is 2. The minimum Gasteiger partial charge on any atom is -0.497 e. The smallest absolute Gasteiger partial charge is 0.322 e. The highest BCUT2D eigenvalue weighted by Gasteiger charge is 2.42. The van der Waals surface area contributed by atoms with E-state index in [2.05, 4.69) is 15.5 Å². The topological polar surface area (TPSA) is 133 Å². The Labute approximate surface area is 196 Å². The third kappa shape index (κ3) is 4.47. The van der Waals surface area contributed by atoms with Crippen LogP contribution in [0.15, 0.2) is 51.8 Å². The molecule has 1 aromatic heterocycles. The first kappa shape index (κ1) is 23.7. The van der Waals surface area contributed by atoms with Gasteiger partial charge in [0.1, 0.15) is 18.2 Å². The summed E-state index contributed by atoms with van der Waals surface area (Å²) < 4.78 is 48.6. The van der Waals surface area contributed by atoms with Crippen LogP contribution in [0.4, 0.5) is 6.01 Å². The zero-order valence-corrected chi connectivity index (χ0v) is 19.9. The van der Waals surface area contributed by atoms with Crippen LogP contribution in [0.2, 0.25) is 0 Å². The highest BCUT2D eigenvalue weighted by molar-refractivity contribution is 7.89. The molecular weight excluding hydrogens is 464 g/mol. The largest absolute Gasteiger partial charge is 0.497 e. The SMILES string of the molecule is COc1ccc(-c2nnc(NC(=O)c3ccc(S(=O)(=O)N4COCC4(C)C)cc3)o2)c(OC)c1. The number of nitrogens with zero attached hydrogens (tertiary/aromatic N) is 3. The van der Waals surface area contributed by atoms with E-state index >= 15 is 0 Å². The summed E-state index contributed by atoms with van der Waals surface area (Å²) in [5.74, 6) is 0.668. The molecule has 1 aliphatic rings. The average molecular weight is 489 g/mol. The number of benzene rings is 2. The number of sulfonamides is 1. The monoisotopic (exact) mass is 488 g/mol. The molecule has 34 heavy (non-hydrogen) atoms. The Morgan fingerprint density at radius 1 is 1.09 bits per heavy atom. The molecule has 3 aromatic rings. The van der Waals surface area contributed by atoms with Crippen LogP contribution in [0.3, 0.4) is 0 Å². The van der Waals surface area contributed by atoms with Gasteiger partial charge in [-0.15, -0.1) is 5.10 Å². The Bertz CT molecular complexity index is 1300. The zero-order chi connectivity index (χ0) is 24.5. The van der Waals surface area contributed by atoms with E-state index in [0.29, 0.717) is 23.7 Å². The number of aromatic nitrogens is 2. The van der Waals surface area contributed by atoms with Crippen molar-refractivity contribution in [3.8, 4) is 23.0 Å². The van der Waals surface area contributed by atoms with Gasteiger partial charge in [-0.05, 0) is 50.2 Å². The van der Waals surface area contributed by atoms with Crippen molar-refractivity contribution in [3.63, 3.8) is 0 Å². The molecular formula is C22H24N4O7S. The van der Waals surface area contributed by atoms with Gasteiger partial charge >= 0.3 is 6.01 Å². The predicted octanol–water partition coefficient (Wildman–Crippen LogP) is 2.76. The molecule has 1 saturated heterocycles. The van der Waals surface area contributed by atoms with Crippen molar-refractivity contribution < 1.29 is 31.8 Å². The Morgan fingerprint density at radius 2 is 1.82 bits per heavy atom. The predicted molar refractivity (Wildman–Crippen MR) is 121 cm³/mol. The molecule has 4 rings (SSSR count). The lowest BCUT2D eigenvalue weighted by molar-refractivity contribution is 0.102. The maximum Gasteiger partial charge on any atom is 0.322 e. The number of hydrogen-bond acceptors (Lipinski definition) is 9. The number of nitrogens with one attached hydrogen (secondary N) is 1. The van der Waals surface area contributed by atoms with E-state index in [1.54, 1.807) is 39.2 Å². The summed E-state index contributed by atoms with van der Waals surface area (Å²) in [5.41, 5.74) is 0.0919. The number of carbonyl (C=O) groups excluding carboxylic acids is 1. The summed E-state index contributed by atoms with van der Waals surface area (Å²) in [4.78, 5) is 12.7.